The molecule has 1 N–H and O–H groups in total. The van der Waals surface area contributed by atoms with Gasteiger partial charge in [0.05, 0.1) is 12.1 Å². The Kier molecular flexibility index (Phi) is 2.66. The van der Waals surface area contributed by atoms with Crippen LogP contribution < -0.4 is 0 Å². The Morgan fingerprint density at radius 2 is 2.38 bits per heavy atom. The van der Waals surface area contributed by atoms with Crippen LogP contribution in [0.25, 0.3) is 0 Å². The molecule has 8 heteroatoms. The quantitative estimate of drug-likeness (QED) is 0.783. The lowest BCUT2D eigenvalue weighted by Gasteiger charge is -2.28. The van der Waals surface area contributed by atoms with Crippen LogP contribution in [0.2, 0.25) is 0 Å². The van der Waals surface area contributed by atoms with Crippen LogP contribution in [0.3, 0.4) is 0 Å². The number of hydrogen-bond donors (Lipinski definition) is 1. The third-order valence-electron chi connectivity index (χ3n) is 2.50. The van der Waals surface area contributed by atoms with Crippen molar-refractivity contribution in [3.8, 4) is 0 Å². The molecular formula is C8H13N5O2S. The zero-order valence-electron chi connectivity index (χ0n) is 9.13. The number of nitrogens with zero attached hydrogens (tertiary/aromatic N) is 4. The molecule has 1 saturated heterocycles. The molecule has 0 spiro atoms. The second-order valence-electron chi connectivity index (χ2n) is 4.27. The summed E-state index contributed by atoms with van der Waals surface area (Å²) in [5.41, 5.74) is -0.385. The average Bonchev–Trinajstić information content (AvgIpc) is 2.76. The molecule has 1 aromatic rings. The number of nitrogens with one attached hydrogen (secondary N) is 1. The van der Waals surface area contributed by atoms with Crippen LogP contribution in [-0.2, 0) is 10.3 Å². The maximum absolute atomic E-state index is 11.3. The summed E-state index contributed by atoms with van der Waals surface area (Å²) in [4.78, 5) is 13.0. The van der Waals surface area contributed by atoms with Gasteiger partial charge in [-0.25, -0.2) is 9.48 Å². The molecule has 2 rings (SSSR count). The van der Waals surface area contributed by atoms with E-state index in [0.717, 1.165) is 0 Å². The number of amides is 1. The predicted molar refractivity (Wildman–Crippen MR) is 57.4 cm³/mol. The summed E-state index contributed by atoms with van der Waals surface area (Å²) in [7, 11) is 0. The lowest BCUT2D eigenvalue weighted by Crippen LogP contribution is -2.42. The van der Waals surface area contributed by atoms with Crippen molar-refractivity contribution in [3.05, 3.63) is 4.77 Å². The Balaban J connectivity index is 2.17. The molecule has 1 aliphatic heterocycles. The first kappa shape index (κ1) is 11.1. The summed E-state index contributed by atoms with van der Waals surface area (Å²) >= 11 is 5.03. The largest absolute Gasteiger partial charge is 0.448 e. The van der Waals surface area contributed by atoms with Gasteiger partial charge in [-0.15, -0.1) is 0 Å². The van der Waals surface area contributed by atoms with Gasteiger partial charge in [0.1, 0.15) is 6.61 Å². The summed E-state index contributed by atoms with van der Waals surface area (Å²) < 4.78 is 6.90. The standard InChI is InChI=1S/C8H13N5O2S/c1-8(2,13-6(16)9-10-11-13)5-12-3-4-15-7(12)14/h3-5H2,1-2H3,(H,9,11,16). The Morgan fingerprint density at radius 1 is 1.62 bits per heavy atom. The van der Waals surface area contributed by atoms with E-state index in [4.69, 9.17) is 17.0 Å². The molecule has 1 aliphatic rings. The summed E-state index contributed by atoms with van der Waals surface area (Å²) in [6.07, 6.45) is -0.285. The van der Waals surface area contributed by atoms with Crippen LogP contribution in [0.5, 0.6) is 0 Å². The van der Waals surface area contributed by atoms with Gasteiger partial charge in [-0.05, 0) is 26.1 Å². The van der Waals surface area contributed by atoms with Gasteiger partial charge in [0.25, 0.3) is 0 Å². The van der Waals surface area contributed by atoms with Crippen molar-refractivity contribution in [1.82, 2.24) is 25.1 Å². The average molecular weight is 243 g/mol. The molecule has 0 aliphatic carbocycles. The first-order chi connectivity index (χ1) is 7.50. The van der Waals surface area contributed by atoms with Crippen LogP contribution in [0.4, 0.5) is 4.79 Å². The normalized spacial score (nSPS) is 16.6. The number of hydrogen-bond acceptors (Lipinski definition) is 5. The molecule has 88 valence electrons. The van der Waals surface area contributed by atoms with Gasteiger partial charge in [-0.2, -0.15) is 5.21 Å². The highest BCUT2D eigenvalue weighted by Crippen LogP contribution is 2.17. The van der Waals surface area contributed by atoms with Crippen molar-refractivity contribution >= 4 is 18.3 Å². The first-order valence-corrected chi connectivity index (χ1v) is 5.34. The van der Waals surface area contributed by atoms with Crippen molar-refractivity contribution < 1.29 is 9.53 Å². The van der Waals surface area contributed by atoms with E-state index in [1.807, 2.05) is 13.8 Å². The van der Waals surface area contributed by atoms with Gasteiger partial charge in [0.2, 0.25) is 4.77 Å². The van der Waals surface area contributed by atoms with Crippen molar-refractivity contribution in [2.75, 3.05) is 19.7 Å². The number of rotatable bonds is 3. The molecule has 0 saturated carbocycles. The van der Waals surface area contributed by atoms with E-state index < -0.39 is 0 Å². The lowest BCUT2D eigenvalue weighted by atomic mass is 10.1. The molecule has 1 aromatic heterocycles. The maximum atomic E-state index is 11.3. The fraction of sp³-hybridized carbons (Fsp3) is 0.750. The van der Waals surface area contributed by atoms with Gasteiger partial charge in [-0.3, -0.25) is 0 Å². The third kappa shape index (κ3) is 1.92. The van der Waals surface area contributed by atoms with Crippen molar-refractivity contribution in [3.63, 3.8) is 0 Å². The summed E-state index contributed by atoms with van der Waals surface area (Å²) in [5.74, 6) is 0. The second kappa shape index (κ2) is 3.85. The minimum atomic E-state index is -0.385. The van der Waals surface area contributed by atoms with E-state index in [2.05, 4.69) is 15.5 Å². The minimum absolute atomic E-state index is 0.285. The van der Waals surface area contributed by atoms with Crippen LogP contribution >= 0.6 is 12.2 Å². The molecular weight excluding hydrogens is 230 g/mol. The second-order valence-corrected chi connectivity index (χ2v) is 4.63. The molecule has 1 amide bonds. The molecule has 7 nitrogen and oxygen atoms in total. The van der Waals surface area contributed by atoms with Gasteiger partial charge in [0, 0.05) is 6.54 Å². The molecule has 0 unspecified atom stereocenters. The van der Waals surface area contributed by atoms with E-state index in [0.29, 0.717) is 24.5 Å². The van der Waals surface area contributed by atoms with Gasteiger partial charge >= 0.3 is 6.09 Å². The smallest absolute Gasteiger partial charge is 0.410 e. The Labute approximate surface area is 97.4 Å². The molecule has 1 fully saturated rings. The Hall–Kier alpha value is -1.44. The maximum Gasteiger partial charge on any atom is 0.410 e. The summed E-state index contributed by atoms with van der Waals surface area (Å²) in [6, 6.07) is 0. The van der Waals surface area contributed by atoms with Gasteiger partial charge in [0.15, 0.2) is 0 Å². The highest BCUT2D eigenvalue weighted by molar-refractivity contribution is 7.71. The van der Waals surface area contributed by atoms with E-state index in [-0.39, 0.29) is 11.6 Å². The highest BCUT2D eigenvalue weighted by atomic mass is 32.1. The SMILES string of the molecule is CC(C)(CN1CCOC1=O)n1[nH]nnc1=S. The van der Waals surface area contributed by atoms with Crippen LogP contribution in [0, 0.1) is 4.77 Å². The fourth-order valence-electron chi connectivity index (χ4n) is 1.70. The van der Waals surface area contributed by atoms with E-state index >= 15 is 0 Å². The number of carbonyl (C=O) groups excluding carboxylic acids is 1. The summed E-state index contributed by atoms with van der Waals surface area (Å²) in [6.45, 7) is 5.46. The number of cyclic esters (lactones) is 1. The molecule has 0 aromatic carbocycles. The molecule has 0 radical (unpaired) electrons. The van der Waals surface area contributed by atoms with Crippen molar-refractivity contribution in [2.24, 2.45) is 0 Å². The number of ether oxygens (including phenoxy) is 1. The number of carbonyl (C=O) groups is 1. The van der Waals surface area contributed by atoms with Crippen molar-refractivity contribution in [1.29, 1.82) is 0 Å². The Bertz CT molecular complexity index is 451. The minimum Gasteiger partial charge on any atom is -0.448 e. The Morgan fingerprint density at radius 3 is 2.88 bits per heavy atom. The van der Waals surface area contributed by atoms with Crippen LogP contribution in [-0.4, -0.2) is 50.9 Å². The molecule has 2 heterocycles. The van der Waals surface area contributed by atoms with Crippen LogP contribution in [0.15, 0.2) is 0 Å². The number of aromatic amines is 1. The topological polar surface area (TPSA) is 76.0 Å². The monoisotopic (exact) mass is 243 g/mol. The van der Waals surface area contributed by atoms with E-state index in [1.54, 1.807) is 9.58 Å². The zero-order chi connectivity index (χ0) is 11.8. The number of aromatic nitrogens is 4. The zero-order valence-corrected chi connectivity index (χ0v) is 9.95. The predicted octanol–water partition coefficient (Wildman–Crippen LogP) is 0.523. The number of tetrazole rings is 1. The molecule has 0 atom stereocenters. The highest BCUT2D eigenvalue weighted by Gasteiger charge is 2.31. The fourth-order valence-corrected chi connectivity index (χ4v) is 2.03. The number of H-pyrrole nitrogens is 1. The van der Waals surface area contributed by atoms with Gasteiger partial charge < -0.3 is 9.64 Å². The van der Waals surface area contributed by atoms with Crippen molar-refractivity contribution in [2.45, 2.75) is 19.4 Å². The third-order valence-corrected chi connectivity index (χ3v) is 2.76. The lowest BCUT2D eigenvalue weighted by molar-refractivity contribution is 0.143. The van der Waals surface area contributed by atoms with E-state index in [9.17, 15) is 4.79 Å². The molecule has 16 heavy (non-hydrogen) atoms. The molecule has 0 bridgehead atoms. The van der Waals surface area contributed by atoms with Gasteiger partial charge in [-0.1, -0.05) is 10.3 Å². The van der Waals surface area contributed by atoms with Crippen LogP contribution in [0.1, 0.15) is 13.8 Å². The van der Waals surface area contributed by atoms with E-state index in [1.165, 1.54) is 0 Å². The summed E-state index contributed by atoms with van der Waals surface area (Å²) in [5, 5.41) is 10.1. The first-order valence-electron chi connectivity index (χ1n) is 4.93.